The summed E-state index contributed by atoms with van der Waals surface area (Å²) in [6, 6.07) is 11.0. The molecule has 0 radical (unpaired) electrons. The summed E-state index contributed by atoms with van der Waals surface area (Å²) >= 11 is 12.1. The maximum absolute atomic E-state index is 6.15. The van der Waals surface area contributed by atoms with Crippen molar-refractivity contribution in [2.24, 2.45) is 0 Å². The highest BCUT2D eigenvalue weighted by molar-refractivity contribution is 6.43. The molecule has 0 atom stereocenters. The number of benzene rings is 1. The number of rotatable bonds is 2. The molecular formula is C14H8Cl2N2O. The number of furan rings is 1. The first-order valence-corrected chi connectivity index (χ1v) is 6.32. The monoisotopic (exact) mass is 290 g/mol. The van der Waals surface area contributed by atoms with Crippen molar-refractivity contribution in [1.29, 1.82) is 0 Å². The zero-order valence-electron chi connectivity index (χ0n) is 9.68. The maximum atomic E-state index is 6.15. The predicted molar refractivity (Wildman–Crippen MR) is 75.2 cm³/mol. The third-order valence-corrected chi connectivity index (χ3v) is 3.53. The van der Waals surface area contributed by atoms with Gasteiger partial charge in [0.05, 0.1) is 34.0 Å². The number of aromatic nitrogens is 2. The topological polar surface area (TPSA) is 38.9 Å². The second-order valence-electron chi connectivity index (χ2n) is 3.92. The van der Waals surface area contributed by atoms with Crippen LogP contribution < -0.4 is 0 Å². The van der Waals surface area contributed by atoms with Gasteiger partial charge in [-0.3, -0.25) is 0 Å². The number of hydrogen-bond donors (Lipinski definition) is 0. The Morgan fingerprint density at radius 1 is 0.895 bits per heavy atom. The summed E-state index contributed by atoms with van der Waals surface area (Å²) in [7, 11) is 0. The van der Waals surface area contributed by atoms with Gasteiger partial charge in [-0.15, -0.1) is 10.2 Å². The molecule has 0 aliphatic rings. The molecule has 3 nitrogen and oxygen atoms in total. The fourth-order valence-corrected chi connectivity index (χ4v) is 2.14. The number of hydrogen-bond acceptors (Lipinski definition) is 3. The minimum atomic E-state index is 0.481. The molecule has 94 valence electrons. The Kier molecular flexibility index (Phi) is 3.23. The van der Waals surface area contributed by atoms with Crippen LogP contribution in [0, 0.1) is 0 Å². The Labute approximate surface area is 119 Å². The molecule has 2 aromatic heterocycles. The largest absolute Gasteiger partial charge is 0.472 e. The summed E-state index contributed by atoms with van der Waals surface area (Å²) in [5.74, 6) is 0. The SMILES string of the molecule is Clc1cccc(-c2ccc(-c3ccoc3)nn2)c1Cl. The lowest BCUT2D eigenvalue weighted by Crippen LogP contribution is -1.90. The molecule has 3 aromatic rings. The predicted octanol–water partition coefficient (Wildman–Crippen LogP) is 4.71. The van der Waals surface area contributed by atoms with Gasteiger partial charge < -0.3 is 4.42 Å². The first-order valence-electron chi connectivity index (χ1n) is 5.56. The summed E-state index contributed by atoms with van der Waals surface area (Å²) < 4.78 is 5.01. The zero-order chi connectivity index (χ0) is 13.2. The minimum absolute atomic E-state index is 0.481. The highest BCUT2D eigenvalue weighted by Crippen LogP contribution is 2.32. The average Bonchev–Trinajstić information content (AvgIpc) is 2.96. The van der Waals surface area contributed by atoms with Crippen LogP contribution in [0.25, 0.3) is 22.5 Å². The molecule has 0 bridgehead atoms. The lowest BCUT2D eigenvalue weighted by Gasteiger charge is -2.04. The van der Waals surface area contributed by atoms with Gasteiger partial charge in [0.1, 0.15) is 0 Å². The molecule has 2 heterocycles. The molecule has 0 saturated heterocycles. The minimum Gasteiger partial charge on any atom is -0.472 e. The highest BCUT2D eigenvalue weighted by Gasteiger charge is 2.09. The average molecular weight is 291 g/mol. The van der Waals surface area contributed by atoms with E-state index >= 15 is 0 Å². The highest BCUT2D eigenvalue weighted by atomic mass is 35.5. The fourth-order valence-electron chi connectivity index (χ4n) is 1.74. The molecule has 0 spiro atoms. The normalized spacial score (nSPS) is 10.6. The van der Waals surface area contributed by atoms with Gasteiger partial charge in [0.15, 0.2) is 0 Å². The van der Waals surface area contributed by atoms with Gasteiger partial charge >= 0.3 is 0 Å². The molecule has 3 rings (SSSR count). The van der Waals surface area contributed by atoms with Crippen LogP contribution in [0.4, 0.5) is 0 Å². The summed E-state index contributed by atoms with van der Waals surface area (Å²) in [5, 5.41) is 9.31. The summed E-state index contributed by atoms with van der Waals surface area (Å²) in [6.07, 6.45) is 3.22. The number of nitrogens with zero attached hydrogens (tertiary/aromatic N) is 2. The van der Waals surface area contributed by atoms with Crippen molar-refractivity contribution in [2.75, 3.05) is 0 Å². The Morgan fingerprint density at radius 2 is 1.68 bits per heavy atom. The van der Waals surface area contributed by atoms with E-state index in [9.17, 15) is 0 Å². The van der Waals surface area contributed by atoms with Crippen molar-refractivity contribution >= 4 is 23.2 Å². The fraction of sp³-hybridized carbons (Fsp3) is 0. The molecule has 0 aliphatic heterocycles. The van der Waals surface area contributed by atoms with E-state index in [0.29, 0.717) is 15.7 Å². The van der Waals surface area contributed by atoms with E-state index in [-0.39, 0.29) is 0 Å². The van der Waals surface area contributed by atoms with Crippen LogP contribution in [-0.2, 0) is 0 Å². The van der Waals surface area contributed by atoms with Crippen molar-refractivity contribution < 1.29 is 4.42 Å². The smallest absolute Gasteiger partial charge is 0.0997 e. The van der Waals surface area contributed by atoms with E-state index in [1.54, 1.807) is 18.6 Å². The van der Waals surface area contributed by atoms with Crippen molar-refractivity contribution in [3.63, 3.8) is 0 Å². The van der Waals surface area contributed by atoms with Gasteiger partial charge in [-0.05, 0) is 24.3 Å². The van der Waals surface area contributed by atoms with Crippen molar-refractivity contribution in [2.45, 2.75) is 0 Å². The molecule has 0 N–H and O–H groups in total. The Bertz CT molecular complexity index is 694. The standard InChI is InChI=1S/C14H8Cl2N2O/c15-11-3-1-2-10(14(11)16)13-5-4-12(17-18-13)9-6-7-19-8-9/h1-8H. The van der Waals surface area contributed by atoms with Crippen molar-refractivity contribution in [1.82, 2.24) is 10.2 Å². The first-order chi connectivity index (χ1) is 9.25. The van der Waals surface area contributed by atoms with Gasteiger partial charge in [-0.2, -0.15) is 0 Å². The van der Waals surface area contributed by atoms with Gasteiger partial charge in [-0.25, -0.2) is 0 Å². The van der Waals surface area contributed by atoms with Crippen molar-refractivity contribution in [3.8, 4) is 22.5 Å². The van der Waals surface area contributed by atoms with Gasteiger partial charge in [0.25, 0.3) is 0 Å². The Morgan fingerprint density at radius 3 is 2.37 bits per heavy atom. The zero-order valence-corrected chi connectivity index (χ0v) is 11.2. The molecule has 0 saturated carbocycles. The molecule has 1 aromatic carbocycles. The van der Waals surface area contributed by atoms with E-state index < -0.39 is 0 Å². The quantitative estimate of drug-likeness (QED) is 0.686. The third-order valence-electron chi connectivity index (χ3n) is 2.71. The van der Waals surface area contributed by atoms with E-state index in [2.05, 4.69) is 10.2 Å². The molecule has 0 fully saturated rings. The second kappa shape index (κ2) is 5.03. The lowest BCUT2D eigenvalue weighted by molar-refractivity contribution is 0.568. The number of halogens is 2. The van der Waals surface area contributed by atoms with Gasteiger partial charge in [-0.1, -0.05) is 35.3 Å². The van der Waals surface area contributed by atoms with Crippen LogP contribution in [0.1, 0.15) is 0 Å². The van der Waals surface area contributed by atoms with Crippen LogP contribution in [0.5, 0.6) is 0 Å². The third kappa shape index (κ3) is 2.35. The summed E-state index contributed by atoms with van der Waals surface area (Å²) in [6.45, 7) is 0. The van der Waals surface area contributed by atoms with Gasteiger partial charge in [0, 0.05) is 11.1 Å². The first kappa shape index (κ1) is 12.2. The lowest BCUT2D eigenvalue weighted by atomic mass is 10.1. The Balaban J connectivity index is 2.01. The molecule has 5 heteroatoms. The summed E-state index contributed by atoms with van der Waals surface area (Å²) in [4.78, 5) is 0. The van der Waals surface area contributed by atoms with E-state index in [4.69, 9.17) is 27.6 Å². The van der Waals surface area contributed by atoms with Crippen LogP contribution >= 0.6 is 23.2 Å². The van der Waals surface area contributed by atoms with Crippen LogP contribution in [0.15, 0.2) is 53.3 Å². The van der Waals surface area contributed by atoms with Crippen LogP contribution in [0.2, 0.25) is 10.0 Å². The second-order valence-corrected chi connectivity index (χ2v) is 4.70. The molecule has 19 heavy (non-hydrogen) atoms. The summed E-state index contributed by atoms with van der Waals surface area (Å²) in [5.41, 5.74) is 3.08. The van der Waals surface area contributed by atoms with Gasteiger partial charge in [0.2, 0.25) is 0 Å². The molecule has 0 aliphatic carbocycles. The molecular weight excluding hydrogens is 283 g/mol. The van der Waals surface area contributed by atoms with Crippen molar-refractivity contribution in [3.05, 3.63) is 59.0 Å². The Hall–Kier alpha value is -1.84. The van der Waals surface area contributed by atoms with E-state index in [1.165, 1.54) is 0 Å². The molecule has 0 amide bonds. The van der Waals surface area contributed by atoms with Crippen LogP contribution in [-0.4, -0.2) is 10.2 Å². The maximum Gasteiger partial charge on any atom is 0.0997 e. The van der Waals surface area contributed by atoms with E-state index in [0.717, 1.165) is 16.8 Å². The molecule has 0 unspecified atom stereocenters. The van der Waals surface area contributed by atoms with Crippen LogP contribution in [0.3, 0.4) is 0 Å². The van der Waals surface area contributed by atoms with E-state index in [1.807, 2.05) is 30.3 Å².